The number of amides is 2. The zero-order valence-corrected chi connectivity index (χ0v) is 9.79. The zero-order valence-electron chi connectivity index (χ0n) is 9.79. The van der Waals surface area contributed by atoms with Crippen LogP contribution in [-0.2, 0) is 0 Å². The molecule has 2 rings (SSSR count). The van der Waals surface area contributed by atoms with E-state index in [-0.39, 0.29) is 23.7 Å². The van der Waals surface area contributed by atoms with Crippen LogP contribution in [0.15, 0.2) is 0 Å². The maximum Gasteiger partial charge on any atom is 0.318 e. The number of nitrogens with two attached hydrogens (primary N) is 1. The quantitative estimate of drug-likeness (QED) is 0.626. The average Bonchev–Trinajstić information content (AvgIpc) is 2.58. The summed E-state index contributed by atoms with van der Waals surface area (Å²) in [6.07, 6.45) is 2.18. The van der Waals surface area contributed by atoms with Crippen molar-refractivity contribution in [3.05, 3.63) is 0 Å². The van der Waals surface area contributed by atoms with Gasteiger partial charge in [0, 0.05) is 24.2 Å². The minimum Gasteiger partial charge on any atom is -0.333 e. The Morgan fingerprint density at radius 2 is 2.07 bits per heavy atom. The first-order valence-corrected chi connectivity index (χ1v) is 5.71. The molecule has 86 valence electrons. The highest BCUT2D eigenvalue weighted by Crippen LogP contribution is 2.36. The molecule has 1 saturated heterocycles. The molecule has 1 aliphatic carbocycles. The van der Waals surface area contributed by atoms with Gasteiger partial charge in [0.05, 0.1) is 0 Å². The Bertz CT molecular complexity index is 271. The molecule has 0 aromatic heterocycles. The summed E-state index contributed by atoms with van der Waals surface area (Å²) in [5.41, 5.74) is 5.83. The summed E-state index contributed by atoms with van der Waals surface area (Å²) in [6, 6.07) is 0.511. The number of likely N-dealkylation sites (tertiary alicyclic amines) is 1. The highest BCUT2D eigenvalue weighted by Gasteiger charge is 2.45. The van der Waals surface area contributed by atoms with Gasteiger partial charge in [-0.1, -0.05) is 0 Å². The van der Waals surface area contributed by atoms with Crippen LogP contribution in [0.5, 0.6) is 0 Å². The molecule has 4 heteroatoms. The fourth-order valence-corrected chi connectivity index (χ4v) is 2.70. The monoisotopic (exact) mass is 211 g/mol. The third kappa shape index (κ3) is 2.09. The van der Waals surface area contributed by atoms with E-state index in [1.165, 1.54) is 0 Å². The first-order valence-electron chi connectivity index (χ1n) is 5.71. The van der Waals surface area contributed by atoms with Crippen LogP contribution in [0.25, 0.3) is 0 Å². The molecule has 0 radical (unpaired) electrons. The van der Waals surface area contributed by atoms with Crippen LogP contribution in [0.3, 0.4) is 0 Å². The number of nitrogens with one attached hydrogen (secondary N) is 1. The molecular weight excluding hydrogens is 190 g/mol. The summed E-state index contributed by atoms with van der Waals surface area (Å²) < 4.78 is 0. The van der Waals surface area contributed by atoms with E-state index in [4.69, 9.17) is 5.73 Å². The fourth-order valence-electron chi connectivity index (χ4n) is 2.70. The molecule has 4 nitrogen and oxygen atoms in total. The predicted octanol–water partition coefficient (Wildman–Crippen LogP) is 0.916. The van der Waals surface area contributed by atoms with Crippen molar-refractivity contribution in [2.75, 3.05) is 6.54 Å². The van der Waals surface area contributed by atoms with Crippen LogP contribution in [-0.4, -0.2) is 35.1 Å². The first-order chi connectivity index (χ1) is 6.87. The van der Waals surface area contributed by atoms with E-state index in [9.17, 15) is 4.79 Å². The smallest absolute Gasteiger partial charge is 0.318 e. The van der Waals surface area contributed by atoms with E-state index < -0.39 is 0 Å². The Kier molecular flexibility index (Phi) is 2.41. The zero-order chi connectivity index (χ0) is 11.2. The normalized spacial score (nSPS) is 34.7. The Morgan fingerprint density at radius 1 is 1.40 bits per heavy atom. The number of carbonyl (C=O) groups is 1. The number of nitrogens with zero attached hydrogens (tertiary/aromatic N) is 1. The molecule has 2 amide bonds. The Labute approximate surface area is 91.2 Å². The Balaban J connectivity index is 1.98. The van der Waals surface area contributed by atoms with Gasteiger partial charge in [-0.3, -0.25) is 0 Å². The van der Waals surface area contributed by atoms with E-state index in [0.29, 0.717) is 5.92 Å². The molecular formula is C11H21N3O. The summed E-state index contributed by atoms with van der Waals surface area (Å²) >= 11 is 0. The van der Waals surface area contributed by atoms with Crippen molar-refractivity contribution in [2.45, 2.75) is 51.2 Å². The molecule has 3 atom stereocenters. The molecule has 15 heavy (non-hydrogen) atoms. The van der Waals surface area contributed by atoms with Gasteiger partial charge < -0.3 is 16.0 Å². The van der Waals surface area contributed by atoms with Crippen LogP contribution in [0.2, 0.25) is 0 Å². The van der Waals surface area contributed by atoms with Crippen LogP contribution >= 0.6 is 0 Å². The maximum absolute atomic E-state index is 12.0. The third-order valence-corrected chi connectivity index (χ3v) is 3.27. The SMILES string of the molecule is CC(C)(C)NC(=O)N1CC2CC(N)C1C2. The van der Waals surface area contributed by atoms with Crippen LogP contribution in [0.1, 0.15) is 33.6 Å². The number of urea groups is 1. The highest BCUT2D eigenvalue weighted by molar-refractivity contribution is 5.76. The molecule has 2 aliphatic rings. The Hall–Kier alpha value is -0.770. The van der Waals surface area contributed by atoms with Gasteiger partial charge in [0.25, 0.3) is 0 Å². The van der Waals surface area contributed by atoms with E-state index in [2.05, 4.69) is 5.32 Å². The van der Waals surface area contributed by atoms with Gasteiger partial charge in [0.2, 0.25) is 0 Å². The van der Waals surface area contributed by atoms with Gasteiger partial charge in [-0.05, 0) is 39.5 Å². The molecule has 1 heterocycles. The standard InChI is InChI=1S/C11H21N3O/c1-11(2,3)13-10(15)14-6-7-4-8(12)9(14)5-7/h7-9H,4-6,12H2,1-3H3,(H,13,15). The van der Waals surface area contributed by atoms with Gasteiger partial charge in [0.15, 0.2) is 0 Å². The van der Waals surface area contributed by atoms with Gasteiger partial charge in [-0.25, -0.2) is 4.79 Å². The summed E-state index contributed by atoms with van der Waals surface area (Å²) in [6.45, 7) is 6.89. The molecule has 0 aromatic rings. The fraction of sp³-hybridized carbons (Fsp3) is 0.909. The van der Waals surface area contributed by atoms with Gasteiger partial charge in [-0.2, -0.15) is 0 Å². The summed E-state index contributed by atoms with van der Waals surface area (Å²) in [5.74, 6) is 0.635. The molecule has 3 N–H and O–H groups in total. The number of fused-ring (bicyclic) bond motifs is 2. The third-order valence-electron chi connectivity index (χ3n) is 3.27. The minimum atomic E-state index is -0.164. The molecule has 0 spiro atoms. The topological polar surface area (TPSA) is 58.4 Å². The van der Waals surface area contributed by atoms with Crippen LogP contribution in [0.4, 0.5) is 4.79 Å². The second-order valence-electron chi connectivity index (χ2n) is 5.90. The van der Waals surface area contributed by atoms with Crippen LogP contribution < -0.4 is 11.1 Å². The lowest BCUT2D eigenvalue weighted by molar-refractivity contribution is 0.165. The number of carbonyl (C=O) groups excluding carboxylic acids is 1. The number of hydrogen-bond acceptors (Lipinski definition) is 2. The molecule has 2 bridgehead atoms. The molecule has 2 fully saturated rings. The van der Waals surface area contributed by atoms with Gasteiger partial charge in [-0.15, -0.1) is 0 Å². The van der Waals surface area contributed by atoms with E-state index in [0.717, 1.165) is 19.4 Å². The van der Waals surface area contributed by atoms with Crippen LogP contribution in [0, 0.1) is 5.92 Å². The summed E-state index contributed by atoms with van der Waals surface area (Å²) in [7, 11) is 0. The second kappa shape index (κ2) is 3.37. The Morgan fingerprint density at radius 3 is 2.53 bits per heavy atom. The lowest BCUT2D eigenvalue weighted by atomic mass is 10.1. The summed E-state index contributed by atoms with van der Waals surface area (Å²) in [4.78, 5) is 13.9. The van der Waals surface area contributed by atoms with Gasteiger partial charge in [0.1, 0.15) is 0 Å². The molecule has 3 unspecified atom stereocenters. The second-order valence-corrected chi connectivity index (χ2v) is 5.90. The number of rotatable bonds is 0. The maximum atomic E-state index is 12.0. The average molecular weight is 211 g/mol. The van der Waals surface area contributed by atoms with Crippen molar-refractivity contribution < 1.29 is 4.79 Å². The first kappa shape index (κ1) is 10.7. The predicted molar refractivity (Wildman–Crippen MR) is 59.5 cm³/mol. The number of piperidine rings is 1. The summed E-state index contributed by atoms with van der Waals surface area (Å²) in [5, 5.41) is 3.00. The van der Waals surface area contributed by atoms with Crippen molar-refractivity contribution in [3.8, 4) is 0 Å². The molecule has 0 aromatic carbocycles. The van der Waals surface area contributed by atoms with Crippen molar-refractivity contribution in [2.24, 2.45) is 11.7 Å². The molecule has 1 aliphatic heterocycles. The van der Waals surface area contributed by atoms with Crippen molar-refractivity contribution >= 4 is 6.03 Å². The van der Waals surface area contributed by atoms with Crippen molar-refractivity contribution in [3.63, 3.8) is 0 Å². The lowest BCUT2D eigenvalue weighted by Crippen LogP contribution is -2.55. The van der Waals surface area contributed by atoms with Gasteiger partial charge >= 0.3 is 6.03 Å². The van der Waals surface area contributed by atoms with E-state index >= 15 is 0 Å². The van der Waals surface area contributed by atoms with Crippen molar-refractivity contribution in [1.82, 2.24) is 10.2 Å². The minimum absolute atomic E-state index is 0.0464. The molecule has 1 saturated carbocycles. The number of hydrogen-bond donors (Lipinski definition) is 2. The van der Waals surface area contributed by atoms with E-state index in [1.807, 2.05) is 25.7 Å². The lowest BCUT2D eigenvalue weighted by Gasteiger charge is -2.34. The van der Waals surface area contributed by atoms with E-state index in [1.54, 1.807) is 0 Å². The highest BCUT2D eigenvalue weighted by atomic mass is 16.2. The largest absolute Gasteiger partial charge is 0.333 e. The van der Waals surface area contributed by atoms with Crippen molar-refractivity contribution in [1.29, 1.82) is 0 Å².